The van der Waals surface area contributed by atoms with E-state index in [-0.39, 0.29) is 11.3 Å². The van der Waals surface area contributed by atoms with Gasteiger partial charge in [0, 0.05) is 5.69 Å². The number of methoxy groups -OCH3 is 1. The van der Waals surface area contributed by atoms with Crippen LogP contribution in [0.25, 0.3) is 0 Å². The lowest BCUT2D eigenvalue weighted by atomic mass is 10.2. The highest BCUT2D eigenvalue weighted by Gasteiger charge is 2.14. The monoisotopic (exact) mass is 347 g/mol. The van der Waals surface area contributed by atoms with E-state index < -0.39 is 24.3 Å². The van der Waals surface area contributed by atoms with Crippen LogP contribution in [0.4, 0.5) is 10.1 Å². The first kappa shape index (κ1) is 18.3. The molecule has 2 rings (SSSR count). The van der Waals surface area contributed by atoms with Crippen LogP contribution in [0.3, 0.4) is 0 Å². The van der Waals surface area contributed by atoms with Gasteiger partial charge < -0.3 is 19.5 Å². The molecule has 0 aliphatic carbocycles. The molecule has 0 saturated carbocycles. The highest BCUT2D eigenvalue weighted by atomic mass is 19.1. The molecule has 0 atom stereocenters. The number of nitrogens with one attached hydrogen (secondary N) is 1. The van der Waals surface area contributed by atoms with Crippen LogP contribution in [0.15, 0.2) is 42.5 Å². The molecule has 25 heavy (non-hydrogen) atoms. The lowest BCUT2D eigenvalue weighted by Gasteiger charge is -2.11. The summed E-state index contributed by atoms with van der Waals surface area (Å²) in [6.45, 7) is 1.72. The average molecular weight is 347 g/mol. The number of carbonyl (C=O) groups excluding carboxylic acids is 2. The van der Waals surface area contributed by atoms with Crippen LogP contribution in [-0.2, 0) is 9.53 Å². The van der Waals surface area contributed by atoms with Crippen molar-refractivity contribution < 1.29 is 28.2 Å². The average Bonchev–Trinajstić information content (AvgIpc) is 2.60. The number of hydrogen-bond donors (Lipinski definition) is 1. The molecule has 7 heteroatoms. The highest BCUT2D eigenvalue weighted by molar-refractivity contribution is 5.95. The second kappa shape index (κ2) is 8.68. The van der Waals surface area contributed by atoms with Gasteiger partial charge in [0.2, 0.25) is 0 Å². The third kappa shape index (κ3) is 5.20. The van der Waals surface area contributed by atoms with Crippen LogP contribution in [0, 0.1) is 5.82 Å². The van der Waals surface area contributed by atoms with Crippen LogP contribution >= 0.6 is 0 Å². The largest absolute Gasteiger partial charge is 0.493 e. The molecule has 132 valence electrons. The van der Waals surface area contributed by atoms with E-state index in [2.05, 4.69) is 5.32 Å². The molecule has 0 bridgehead atoms. The van der Waals surface area contributed by atoms with Crippen molar-refractivity contribution in [3.05, 3.63) is 53.8 Å². The predicted octanol–water partition coefficient (Wildman–Crippen LogP) is 3.03. The molecule has 0 radical (unpaired) electrons. The Morgan fingerprint density at radius 3 is 2.60 bits per heavy atom. The summed E-state index contributed by atoms with van der Waals surface area (Å²) in [7, 11) is 1.49. The van der Waals surface area contributed by atoms with E-state index in [9.17, 15) is 14.0 Å². The molecule has 0 aliphatic rings. The smallest absolute Gasteiger partial charge is 0.338 e. The SMILES string of the molecule is CCOc1cc(C(=O)OCC(=O)Nc2cccc(F)c2)ccc1OC. The number of benzene rings is 2. The molecule has 0 aliphatic heterocycles. The van der Waals surface area contributed by atoms with Gasteiger partial charge in [-0.1, -0.05) is 6.07 Å². The summed E-state index contributed by atoms with van der Waals surface area (Å²) in [5.41, 5.74) is 0.506. The van der Waals surface area contributed by atoms with Crippen LogP contribution < -0.4 is 14.8 Å². The van der Waals surface area contributed by atoms with Crippen molar-refractivity contribution in [1.29, 1.82) is 0 Å². The van der Waals surface area contributed by atoms with Crippen LogP contribution in [0.2, 0.25) is 0 Å². The third-order valence-electron chi connectivity index (χ3n) is 3.14. The minimum Gasteiger partial charge on any atom is -0.493 e. The van der Waals surface area contributed by atoms with E-state index in [0.29, 0.717) is 18.1 Å². The Hall–Kier alpha value is -3.09. The molecule has 6 nitrogen and oxygen atoms in total. The number of hydrogen-bond acceptors (Lipinski definition) is 5. The lowest BCUT2D eigenvalue weighted by Crippen LogP contribution is -2.21. The maximum absolute atomic E-state index is 13.1. The van der Waals surface area contributed by atoms with Gasteiger partial charge in [0.25, 0.3) is 5.91 Å². The van der Waals surface area contributed by atoms with E-state index in [4.69, 9.17) is 14.2 Å². The molecule has 0 saturated heterocycles. The number of amides is 1. The van der Waals surface area contributed by atoms with Gasteiger partial charge in [-0.05, 0) is 43.3 Å². The standard InChI is InChI=1S/C18H18FNO5/c1-3-24-16-9-12(7-8-15(16)23-2)18(22)25-11-17(21)20-14-6-4-5-13(19)10-14/h4-10H,3,11H2,1-2H3,(H,20,21). The van der Waals surface area contributed by atoms with Gasteiger partial charge in [-0.25, -0.2) is 9.18 Å². The molecule has 2 aromatic carbocycles. The summed E-state index contributed by atoms with van der Waals surface area (Å²) in [6, 6.07) is 9.98. The molecule has 1 N–H and O–H groups in total. The zero-order chi connectivity index (χ0) is 18.2. The van der Waals surface area contributed by atoms with E-state index in [0.717, 1.165) is 6.07 Å². The Labute approximate surface area is 144 Å². The van der Waals surface area contributed by atoms with Crippen LogP contribution in [-0.4, -0.2) is 32.2 Å². The predicted molar refractivity (Wildman–Crippen MR) is 89.5 cm³/mol. The van der Waals surface area contributed by atoms with E-state index in [1.807, 2.05) is 0 Å². The molecule has 0 spiro atoms. The summed E-state index contributed by atoms with van der Waals surface area (Å²) < 4.78 is 28.5. The van der Waals surface area contributed by atoms with Gasteiger partial charge in [-0.2, -0.15) is 0 Å². The van der Waals surface area contributed by atoms with Gasteiger partial charge in [0.05, 0.1) is 19.3 Å². The van der Waals surface area contributed by atoms with Gasteiger partial charge >= 0.3 is 5.97 Å². The Kier molecular flexibility index (Phi) is 6.33. The molecule has 2 aromatic rings. The minimum absolute atomic E-state index is 0.225. The maximum Gasteiger partial charge on any atom is 0.338 e. The summed E-state index contributed by atoms with van der Waals surface area (Å²) in [5, 5.41) is 2.44. The van der Waals surface area contributed by atoms with Crippen molar-refractivity contribution in [2.75, 3.05) is 25.6 Å². The van der Waals surface area contributed by atoms with Crippen LogP contribution in [0.1, 0.15) is 17.3 Å². The fourth-order valence-electron chi connectivity index (χ4n) is 2.05. The Balaban J connectivity index is 1.95. The summed E-state index contributed by atoms with van der Waals surface area (Å²) in [6.07, 6.45) is 0. The number of halogens is 1. The molecular weight excluding hydrogens is 329 g/mol. The zero-order valence-electron chi connectivity index (χ0n) is 13.9. The van der Waals surface area contributed by atoms with Crippen molar-refractivity contribution in [3.63, 3.8) is 0 Å². The molecule has 0 unspecified atom stereocenters. The number of anilines is 1. The van der Waals surface area contributed by atoms with Crippen LogP contribution in [0.5, 0.6) is 11.5 Å². The fraction of sp³-hybridized carbons (Fsp3) is 0.222. The number of esters is 1. The van der Waals surface area contributed by atoms with Gasteiger partial charge in [-0.15, -0.1) is 0 Å². The number of carbonyl (C=O) groups is 2. The molecule has 1 amide bonds. The summed E-state index contributed by atoms with van der Waals surface area (Å²) >= 11 is 0. The molecule has 0 fully saturated rings. The fourth-order valence-corrected chi connectivity index (χ4v) is 2.05. The van der Waals surface area contributed by atoms with Crippen molar-refractivity contribution in [2.24, 2.45) is 0 Å². The second-order valence-electron chi connectivity index (χ2n) is 4.93. The third-order valence-corrected chi connectivity index (χ3v) is 3.14. The Morgan fingerprint density at radius 2 is 1.92 bits per heavy atom. The van der Waals surface area contributed by atoms with E-state index in [1.54, 1.807) is 13.0 Å². The Bertz CT molecular complexity index is 763. The van der Waals surface area contributed by atoms with Crippen molar-refractivity contribution in [1.82, 2.24) is 0 Å². The first-order valence-electron chi connectivity index (χ1n) is 7.57. The molecular formula is C18H18FNO5. The van der Waals surface area contributed by atoms with Gasteiger partial charge in [-0.3, -0.25) is 4.79 Å². The van der Waals surface area contributed by atoms with Crippen molar-refractivity contribution in [3.8, 4) is 11.5 Å². The van der Waals surface area contributed by atoms with Crippen molar-refractivity contribution >= 4 is 17.6 Å². The molecule has 0 aromatic heterocycles. The first-order chi connectivity index (χ1) is 12.0. The van der Waals surface area contributed by atoms with Gasteiger partial charge in [0.1, 0.15) is 5.82 Å². The number of rotatable bonds is 7. The quantitative estimate of drug-likeness (QED) is 0.780. The topological polar surface area (TPSA) is 73.9 Å². The van der Waals surface area contributed by atoms with E-state index in [1.165, 1.54) is 37.4 Å². The maximum atomic E-state index is 13.1. The lowest BCUT2D eigenvalue weighted by molar-refractivity contribution is -0.119. The minimum atomic E-state index is -0.682. The summed E-state index contributed by atoms with van der Waals surface area (Å²) in [5.74, 6) is -0.835. The van der Waals surface area contributed by atoms with Crippen molar-refractivity contribution in [2.45, 2.75) is 6.92 Å². The first-order valence-corrected chi connectivity index (χ1v) is 7.57. The highest BCUT2D eigenvalue weighted by Crippen LogP contribution is 2.28. The molecule has 0 heterocycles. The normalized spacial score (nSPS) is 10.0. The van der Waals surface area contributed by atoms with E-state index >= 15 is 0 Å². The van der Waals surface area contributed by atoms with Gasteiger partial charge in [0.15, 0.2) is 18.1 Å². The second-order valence-corrected chi connectivity index (χ2v) is 4.93. The summed E-state index contributed by atoms with van der Waals surface area (Å²) in [4.78, 5) is 23.8. The Morgan fingerprint density at radius 1 is 1.12 bits per heavy atom. The zero-order valence-corrected chi connectivity index (χ0v) is 13.9. The number of ether oxygens (including phenoxy) is 3.